The molecule has 1 N–H and O–H groups in total. The zero-order valence-corrected chi connectivity index (χ0v) is 28.1. The van der Waals surface area contributed by atoms with Crippen LogP contribution in [0.15, 0.2) is 83.0 Å². The summed E-state index contributed by atoms with van der Waals surface area (Å²) in [6.45, 7) is 14.1. The molecule has 42 heavy (non-hydrogen) atoms. The molecule has 0 aliphatic rings. The minimum Gasteiger partial charge on any atom is -0.512 e. The minimum absolute atomic E-state index is 0. The fraction of sp³-hybridized carbons (Fsp3) is 0.222. The van der Waals surface area contributed by atoms with Gasteiger partial charge in [-0.1, -0.05) is 68.1 Å². The van der Waals surface area contributed by atoms with Crippen molar-refractivity contribution >= 4 is 49.3 Å². The number of aromatic nitrogens is 1. The molecule has 0 amide bonds. The maximum absolute atomic E-state index is 10.0. The van der Waals surface area contributed by atoms with Crippen LogP contribution in [0, 0.1) is 19.9 Å². The Morgan fingerprint density at radius 1 is 0.976 bits per heavy atom. The second-order valence-electron chi connectivity index (χ2n) is 11.5. The molecule has 3 heterocycles. The van der Waals surface area contributed by atoms with E-state index in [1.54, 1.807) is 0 Å². The fourth-order valence-electron chi connectivity index (χ4n) is 5.15. The zero-order valence-electron chi connectivity index (χ0n) is 24.9. The van der Waals surface area contributed by atoms with Crippen molar-refractivity contribution in [3.63, 3.8) is 0 Å². The molecule has 0 atom stereocenters. The van der Waals surface area contributed by atoms with Crippen molar-refractivity contribution in [2.45, 2.75) is 53.9 Å². The number of thiophene rings is 1. The number of ketones is 1. The van der Waals surface area contributed by atoms with Gasteiger partial charge in [-0.15, -0.1) is 29.5 Å². The van der Waals surface area contributed by atoms with E-state index in [9.17, 15) is 4.79 Å². The number of aliphatic hydroxyl groups excluding tert-OH is 1. The van der Waals surface area contributed by atoms with Gasteiger partial charge in [-0.25, -0.2) is 0 Å². The molecule has 3 aromatic heterocycles. The molecule has 0 spiro atoms. The summed E-state index contributed by atoms with van der Waals surface area (Å²) in [5, 5.41) is 10.6. The number of allylic oxidation sites excluding steroid dienone is 2. The SMILES string of the molecule is CC(=O)/C=C(/C)O.Cc1cc(C(C)(C)C)cc(C)c1-c1cc2nc(-c3[c-]ccc4c3oc3ccccc34)ccc2s1.[Ir]. The topological polar surface area (TPSA) is 63.3 Å². The molecule has 3 aromatic carbocycles. The second-order valence-corrected chi connectivity index (χ2v) is 12.6. The molecule has 0 aliphatic carbocycles. The normalized spacial score (nSPS) is 11.8. The molecule has 6 aromatic rings. The summed E-state index contributed by atoms with van der Waals surface area (Å²) in [4.78, 5) is 16.3. The monoisotopic (exact) mass is 753 g/mol. The Bertz CT molecular complexity index is 1930. The first-order valence-corrected chi connectivity index (χ1v) is 14.5. The number of carbonyl (C=O) groups is 1. The van der Waals surface area contributed by atoms with Gasteiger partial charge in [0, 0.05) is 36.4 Å². The molecule has 0 unspecified atom stereocenters. The number of carbonyl (C=O) groups excluding carboxylic acids is 1. The summed E-state index contributed by atoms with van der Waals surface area (Å²) in [5.74, 6) is -0.0625. The number of aryl methyl sites for hydroxylation is 2. The van der Waals surface area contributed by atoms with E-state index in [0.717, 1.165) is 38.7 Å². The van der Waals surface area contributed by atoms with Gasteiger partial charge in [-0.05, 0) is 79.3 Å². The molecule has 0 aliphatic heterocycles. The van der Waals surface area contributed by atoms with E-state index in [2.05, 4.69) is 83.1 Å². The van der Waals surface area contributed by atoms with Crippen molar-refractivity contribution in [1.29, 1.82) is 0 Å². The van der Waals surface area contributed by atoms with Gasteiger partial charge in [0.2, 0.25) is 0 Å². The van der Waals surface area contributed by atoms with E-state index in [1.165, 1.54) is 51.8 Å². The van der Waals surface area contributed by atoms with Gasteiger partial charge in [-0.2, -0.15) is 0 Å². The first-order chi connectivity index (χ1) is 19.4. The van der Waals surface area contributed by atoms with Crippen molar-refractivity contribution in [2.75, 3.05) is 0 Å². The molecule has 217 valence electrons. The number of nitrogens with zero attached hydrogens (tertiary/aromatic N) is 1. The van der Waals surface area contributed by atoms with Gasteiger partial charge in [-0.3, -0.25) is 9.78 Å². The van der Waals surface area contributed by atoms with E-state index in [0.29, 0.717) is 0 Å². The van der Waals surface area contributed by atoms with Gasteiger partial charge in [0.15, 0.2) is 5.78 Å². The molecule has 1 radical (unpaired) electrons. The number of rotatable bonds is 3. The average molecular weight is 753 g/mol. The summed E-state index contributed by atoms with van der Waals surface area (Å²) in [6, 6.07) is 26.7. The van der Waals surface area contributed by atoms with Crippen molar-refractivity contribution in [2.24, 2.45) is 0 Å². The third-order valence-electron chi connectivity index (χ3n) is 7.03. The maximum Gasteiger partial charge on any atom is 0.155 e. The molecule has 0 fully saturated rings. The van der Waals surface area contributed by atoms with Crippen LogP contribution in [0.2, 0.25) is 0 Å². The Hall–Kier alpha value is -3.57. The minimum atomic E-state index is -0.125. The second kappa shape index (κ2) is 12.3. The third-order valence-corrected chi connectivity index (χ3v) is 8.13. The van der Waals surface area contributed by atoms with Crippen LogP contribution in [0.5, 0.6) is 0 Å². The molecule has 0 saturated carbocycles. The Kier molecular flexibility index (Phi) is 9.22. The first-order valence-electron chi connectivity index (χ1n) is 13.6. The number of benzene rings is 3. The maximum atomic E-state index is 10.0. The van der Waals surface area contributed by atoms with Gasteiger partial charge < -0.3 is 9.52 Å². The standard InChI is InChI=1S/C31H26NOS.C5H8O2.Ir/c1-18-15-20(31(3,4)5)16-19(2)29(18)28-17-25-27(34-28)14-13-24(32-25)23-11-8-10-22-21-9-6-7-12-26(21)33-30(22)23;1-4(6)3-5(2)7;/h6-10,12-17H,1-5H3;3,6H,1-2H3;/q-1;;/b;4-3-;. The average Bonchev–Trinajstić information content (AvgIpc) is 3.48. The van der Waals surface area contributed by atoms with Crippen LogP contribution in [0.1, 0.15) is 51.3 Å². The predicted octanol–water partition coefficient (Wildman–Crippen LogP) is 10.3. The molecular weight excluding hydrogens is 719 g/mol. The van der Waals surface area contributed by atoms with Gasteiger partial charge >= 0.3 is 0 Å². The first kappa shape index (κ1) is 31.4. The summed E-state index contributed by atoms with van der Waals surface area (Å²) in [7, 11) is 0. The van der Waals surface area contributed by atoms with E-state index >= 15 is 0 Å². The molecule has 6 rings (SSSR count). The Morgan fingerprint density at radius 3 is 2.29 bits per heavy atom. The summed E-state index contributed by atoms with van der Waals surface area (Å²) >= 11 is 1.81. The van der Waals surface area contributed by atoms with Crippen molar-refractivity contribution < 1.29 is 34.4 Å². The number of hydrogen-bond donors (Lipinski definition) is 1. The van der Waals surface area contributed by atoms with Crippen LogP contribution >= 0.6 is 11.3 Å². The van der Waals surface area contributed by atoms with Crippen molar-refractivity contribution in [3.05, 3.63) is 101 Å². The zero-order chi connectivity index (χ0) is 29.5. The molecule has 0 bridgehead atoms. The number of aliphatic hydroxyl groups is 1. The summed E-state index contributed by atoms with van der Waals surface area (Å²) in [6.07, 6.45) is 1.17. The molecule has 0 saturated heterocycles. The van der Waals surface area contributed by atoms with Crippen LogP contribution in [-0.2, 0) is 30.3 Å². The molecular formula is C36H34IrNO3S-. The third kappa shape index (κ3) is 6.41. The van der Waals surface area contributed by atoms with Gasteiger partial charge in [0.05, 0.1) is 21.6 Å². The summed E-state index contributed by atoms with van der Waals surface area (Å²) < 4.78 is 7.42. The van der Waals surface area contributed by atoms with E-state index < -0.39 is 0 Å². The van der Waals surface area contributed by atoms with Gasteiger partial charge in [0.1, 0.15) is 5.58 Å². The smallest absolute Gasteiger partial charge is 0.155 e. The molecule has 4 nitrogen and oxygen atoms in total. The number of para-hydroxylation sites is 1. The van der Waals surface area contributed by atoms with Crippen LogP contribution in [0.25, 0.3) is 53.9 Å². The van der Waals surface area contributed by atoms with Gasteiger partial charge in [0.25, 0.3) is 0 Å². The van der Waals surface area contributed by atoms with Crippen LogP contribution < -0.4 is 0 Å². The predicted molar refractivity (Wildman–Crippen MR) is 172 cm³/mol. The van der Waals surface area contributed by atoms with Crippen LogP contribution in [0.3, 0.4) is 0 Å². The largest absolute Gasteiger partial charge is 0.512 e. The Balaban J connectivity index is 0.000000454. The van der Waals surface area contributed by atoms with Crippen molar-refractivity contribution in [1.82, 2.24) is 4.98 Å². The number of pyridine rings is 1. The Labute approximate surface area is 264 Å². The number of hydrogen-bond acceptors (Lipinski definition) is 5. The molecule has 6 heteroatoms. The fourth-order valence-corrected chi connectivity index (χ4v) is 6.32. The summed E-state index contributed by atoms with van der Waals surface area (Å²) in [5.41, 5.74) is 10.0. The Morgan fingerprint density at radius 2 is 1.67 bits per heavy atom. The number of fused-ring (bicyclic) bond motifs is 4. The van der Waals surface area contributed by atoms with Crippen LogP contribution in [0.4, 0.5) is 0 Å². The van der Waals surface area contributed by atoms with E-state index in [1.807, 2.05) is 35.6 Å². The van der Waals surface area contributed by atoms with E-state index in [4.69, 9.17) is 14.5 Å². The van der Waals surface area contributed by atoms with Crippen LogP contribution in [-0.4, -0.2) is 15.9 Å². The quantitative estimate of drug-likeness (QED) is 0.111. The number of furan rings is 1. The van der Waals surface area contributed by atoms with E-state index in [-0.39, 0.29) is 37.1 Å². The van der Waals surface area contributed by atoms with Crippen molar-refractivity contribution in [3.8, 4) is 21.7 Å².